The minimum absolute atomic E-state index is 0.110. The second kappa shape index (κ2) is 7.59. The van der Waals surface area contributed by atoms with Gasteiger partial charge in [-0.25, -0.2) is 9.36 Å². The van der Waals surface area contributed by atoms with Crippen LogP contribution in [0.1, 0.15) is 46.1 Å². The van der Waals surface area contributed by atoms with Crippen molar-refractivity contribution >= 4 is 11.7 Å². The minimum atomic E-state index is -0.300. The van der Waals surface area contributed by atoms with Gasteiger partial charge in [-0.05, 0) is 49.4 Å². The Kier molecular flexibility index (Phi) is 4.63. The maximum Gasteiger partial charge on any atom is 0.279 e. The second-order valence-corrected chi connectivity index (χ2v) is 7.57. The van der Waals surface area contributed by atoms with E-state index in [1.807, 2.05) is 41.9 Å². The van der Waals surface area contributed by atoms with Gasteiger partial charge in [-0.1, -0.05) is 47.7 Å². The summed E-state index contributed by atoms with van der Waals surface area (Å²) in [5, 5.41) is 15.7. The van der Waals surface area contributed by atoms with E-state index in [9.17, 15) is 4.79 Å². The van der Waals surface area contributed by atoms with E-state index in [2.05, 4.69) is 45.0 Å². The van der Waals surface area contributed by atoms with Crippen LogP contribution in [0.2, 0.25) is 0 Å². The van der Waals surface area contributed by atoms with E-state index < -0.39 is 0 Å². The topological polar surface area (TPSA) is 77.6 Å². The van der Waals surface area contributed by atoms with Crippen LogP contribution < -0.4 is 5.32 Å². The van der Waals surface area contributed by atoms with Gasteiger partial charge in [0.05, 0.1) is 24.1 Å². The fourth-order valence-electron chi connectivity index (χ4n) is 4.07. The Bertz CT molecular complexity index is 1190. The SMILES string of the molecule is Cc1cnn([C@@H]2CCCc3ccccc32)c1NC(=O)c1cn(-c2ccccc2)nn1. The largest absolute Gasteiger partial charge is 0.305 e. The number of fused-ring (bicyclic) bond motifs is 1. The lowest BCUT2D eigenvalue weighted by molar-refractivity contribution is 0.102. The molecule has 1 aliphatic rings. The van der Waals surface area contributed by atoms with Crippen LogP contribution in [0.3, 0.4) is 0 Å². The Morgan fingerprint density at radius 3 is 2.77 bits per heavy atom. The molecule has 0 saturated heterocycles. The molecule has 1 atom stereocenters. The molecular weight excluding hydrogens is 376 g/mol. The molecule has 0 unspecified atom stereocenters. The lowest BCUT2D eigenvalue weighted by atomic mass is 9.88. The quantitative estimate of drug-likeness (QED) is 0.565. The number of para-hydroxylation sites is 1. The van der Waals surface area contributed by atoms with Crippen molar-refractivity contribution in [2.75, 3.05) is 5.32 Å². The number of hydrogen-bond acceptors (Lipinski definition) is 4. The lowest BCUT2D eigenvalue weighted by Crippen LogP contribution is -2.23. The lowest BCUT2D eigenvalue weighted by Gasteiger charge is -2.27. The maximum atomic E-state index is 12.9. The molecule has 5 rings (SSSR count). The highest BCUT2D eigenvalue weighted by Gasteiger charge is 2.26. The zero-order chi connectivity index (χ0) is 20.5. The van der Waals surface area contributed by atoms with E-state index in [-0.39, 0.29) is 17.6 Å². The fraction of sp³-hybridized carbons (Fsp3) is 0.217. The summed E-state index contributed by atoms with van der Waals surface area (Å²) >= 11 is 0. The number of aryl methyl sites for hydroxylation is 2. The number of nitrogens with one attached hydrogen (secondary N) is 1. The van der Waals surface area contributed by atoms with Crippen molar-refractivity contribution < 1.29 is 4.79 Å². The van der Waals surface area contributed by atoms with Crippen molar-refractivity contribution in [1.29, 1.82) is 0 Å². The van der Waals surface area contributed by atoms with Crippen molar-refractivity contribution in [1.82, 2.24) is 24.8 Å². The zero-order valence-corrected chi connectivity index (χ0v) is 16.7. The van der Waals surface area contributed by atoms with Gasteiger partial charge in [-0.3, -0.25) is 4.79 Å². The highest BCUT2D eigenvalue weighted by atomic mass is 16.2. The van der Waals surface area contributed by atoms with Gasteiger partial charge in [-0.15, -0.1) is 5.10 Å². The smallest absolute Gasteiger partial charge is 0.279 e. The van der Waals surface area contributed by atoms with Crippen molar-refractivity contribution in [3.8, 4) is 5.69 Å². The number of benzene rings is 2. The Hall–Kier alpha value is -3.74. The number of carbonyl (C=O) groups excluding carboxylic acids is 1. The first-order valence-electron chi connectivity index (χ1n) is 10.1. The molecule has 4 aromatic rings. The molecule has 1 aliphatic carbocycles. The average Bonchev–Trinajstić information content (AvgIpc) is 3.42. The summed E-state index contributed by atoms with van der Waals surface area (Å²) < 4.78 is 3.53. The Morgan fingerprint density at radius 1 is 1.10 bits per heavy atom. The molecule has 1 amide bonds. The van der Waals surface area contributed by atoms with Crippen molar-refractivity contribution in [3.05, 3.63) is 89.4 Å². The van der Waals surface area contributed by atoms with Gasteiger partial charge in [0.2, 0.25) is 0 Å². The first kappa shape index (κ1) is 18.3. The third-order valence-corrected chi connectivity index (χ3v) is 5.59. The Labute approximate surface area is 174 Å². The predicted octanol–water partition coefficient (Wildman–Crippen LogP) is 3.95. The van der Waals surface area contributed by atoms with Crippen LogP contribution in [-0.2, 0) is 6.42 Å². The number of hydrogen-bond donors (Lipinski definition) is 1. The van der Waals surface area contributed by atoms with Crippen molar-refractivity contribution in [2.24, 2.45) is 0 Å². The third kappa shape index (κ3) is 3.28. The maximum absolute atomic E-state index is 12.9. The molecule has 1 N–H and O–H groups in total. The first-order chi connectivity index (χ1) is 14.7. The third-order valence-electron chi connectivity index (χ3n) is 5.59. The standard InChI is InChI=1S/C23H22N6O/c1-16-14-24-29(21-13-7-9-17-8-5-6-12-19(17)21)22(16)25-23(30)20-15-28(27-26-20)18-10-3-2-4-11-18/h2-6,8,10-12,14-15,21H,7,9,13H2,1H3,(H,25,30)/t21-/m1/s1. The van der Waals surface area contributed by atoms with E-state index in [1.54, 1.807) is 17.1 Å². The Balaban J connectivity index is 1.43. The van der Waals surface area contributed by atoms with Gasteiger partial charge in [0, 0.05) is 5.56 Å². The summed E-state index contributed by atoms with van der Waals surface area (Å²) in [7, 11) is 0. The summed E-state index contributed by atoms with van der Waals surface area (Å²) in [6.07, 6.45) is 6.60. The van der Waals surface area contributed by atoms with Gasteiger partial charge in [0.15, 0.2) is 5.69 Å². The summed E-state index contributed by atoms with van der Waals surface area (Å²) in [4.78, 5) is 12.9. The molecule has 0 radical (unpaired) electrons. The molecular formula is C23H22N6O. The van der Waals surface area contributed by atoms with Crippen LogP contribution in [0.5, 0.6) is 0 Å². The van der Waals surface area contributed by atoms with Crippen LogP contribution in [0.25, 0.3) is 5.69 Å². The second-order valence-electron chi connectivity index (χ2n) is 7.57. The molecule has 0 spiro atoms. The highest BCUT2D eigenvalue weighted by Crippen LogP contribution is 2.35. The molecule has 2 aromatic heterocycles. The number of amides is 1. The summed E-state index contributed by atoms with van der Waals surface area (Å²) in [5.41, 5.74) is 4.66. The van der Waals surface area contributed by atoms with Crippen molar-refractivity contribution in [3.63, 3.8) is 0 Å². The molecule has 7 nitrogen and oxygen atoms in total. The number of rotatable bonds is 4. The first-order valence-corrected chi connectivity index (χ1v) is 10.1. The zero-order valence-electron chi connectivity index (χ0n) is 16.7. The summed E-state index contributed by atoms with van der Waals surface area (Å²) in [6.45, 7) is 1.95. The minimum Gasteiger partial charge on any atom is -0.305 e. The van der Waals surface area contributed by atoms with E-state index >= 15 is 0 Å². The average molecular weight is 398 g/mol. The Morgan fingerprint density at radius 2 is 1.90 bits per heavy atom. The van der Waals surface area contributed by atoms with Gasteiger partial charge in [0.25, 0.3) is 5.91 Å². The molecule has 30 heavy (non-hydrogen) atoms. The van der Waals surface area contributed by atoms with Gasteiger partial charge in [-0.2, -0.15) is 5.10 Å². The molecule has 0 saturated carbocycles. The van der Waals surface area contributed by atoms with Crippen LogP contribution in [-0.4, -0.2) is 30.7 Å². The molecule has 150 valence electrons. The van der Waals surface area contributed by atoms with Gasteiger partial charge in [0.1, 0.15) is 5.82 Å². The van der Waals surface area contributed by atoms with Gasteiger partial charge >= 0.3 is 0 Å². The summed E-state index contributed by atoms with van der Waals surface area (Å²) in [5.74, 6) is 0.405. The number of aromatic nitrogens is 5. The fourth-order valence-corrected chi connectivity index (χ4v) is 4.07. The molecule has 7 heteroatoms. The van der Waals surface area contributed by atoms with E-state index in [1.165, 1.54) is 11.1 Å². The van der Waals surface area contributed by atoms with Crippen LogP contribution in [0.4, 0.5) is 5.82 Å². The highest BCUT2D eigenvalue weighted by molar-refractivity contribution is 6.02. The van der Waals surface area contributed by atoms with Gasteiger partial charge < -0.3 is 5.32 Å². The normalized spacial score (nSPS) is 15.6. The van der Waals surface area contributed by atoms with Crippen LogP contribution >= 0.6 is 0 Å². The molecule has 2 heterocycles. The molecule has 0 fully saturated rings. The molecule has 2 aromatic carbocycles. The number of carbonyl (C=O) groups is 1. The predicted molar refractivity (Wildman–Crippen MR) is 114 cm³/mol. The molecule has 0 bridgehead atoms. The van der Waals surface area contributed by atoms with Crippen molar-refractivity contribution in [2.45, 2.75) is 32.2 Å². The van der Waals surface area contributed by atoms with Crippen LogP contribution in [0, 0.1) is 6.92 Å². The monoisotopic (exact) mass is 398 g/mol. The molecule has 0 aliphatic heterocycles. The van der Waals surface area contributed by atoms with E-state index in [0.717, 1.165) is 30.5 Å². The number of nitrogens with zero attached hydrogens (tertiary/aromatic N) is 5. The summed E-state index contributed by atoms with van der Waals surface area (Å²) in [6, 6.07) is 18.2. The van der Waals surface area contributed by atoms with E-state index in [4.69, 9.17) is 0 Å². The van der Waals surface area contributed by atoms with E-state index in [0.29, 0.717) is 5.82 Å². The number of anilines is 1. The van der Waals surface area contributed by atoms with Crippen LogP contribution in [0.15, 0.2) is 67.0 Å².